The Morgan fingerprint density at radius 3 is 2.41 bits per heavy atom. The summed E-state index contributed by atoms with van der Waals surface area (Å²) in [5.74, 6) is 0.399. The van der Waals surface area contributed by atoms with E-state index in [4.69, 9.17) is 13.9 Å². The SMILES string of the molecule is CC(C)(C)OC(=O)NC(C)(C)O[C@@H](CCF)c1ccc(-c2nnco2)cc1. The molecule has 7 nitrogen and oxygen atoms in total. The molecule has 1 aromatic heterocycles. The van der Waals surface area contributed by atoms with E-state index in [1.807, 2.05) is 12.1 Å². The predicted octanol–water partition coefficient (Wildman–Crippen LogP) is 4.41. The smallest absolute Gasteiger partial charge is 0.409 e. The van der Waals surface area contributed by atoms with Gasteiger partial charge in [0.05, 0.1) is 12.8 Å². The zero-order chi connectivity index (χ0) is 20.1. The molecule has 0 saturated carbocycles. The van der Waals surface area contributed by atoms with E-state index in [9.17, 15) is 9.18 Å². The summed E-state index contributed by atoms with van der Waals surface area (Å²) in [5, 5.41) is 10.2. The molecule has 1 N–H and O–H groups in total. The maximum atomic E-state index is 13.1. The van der Waals surface area contributed by atoms with E-state index in [1.54, 1.807) is 46.8 Å². The second kappa shape index (κ2) is 8.47. The van der Waals surface area contributed by atoms with Crippen LogP contribution in [0.4, 0.5) is 9.18 Å². The third-order valence-electron chi connectivity index (χ3n) is 3.50. The minimum atomic E-state index is -1.05. The second-order valence-corrected chi connectivity index (χ2v) is 7.59. The first-order valence-electron chi connectivity index (χ1n) is 8.71. The van der Waals surface area contributed by atoms with Gasteiger partial charge in [-0.3, -0.25) is 9.71 Å². The van der Waals surface area contributed by atoms with Crippen LogP contribution < -0.4 is 5.32 Å². The van der Waals surface area contributed by atoms with Gasteiger partial charge in [0.25, 0.3) is 0 Å². The van der Waals surface area contributed by atoms with Crippen molar-refractivity contribution in [3.05, 3.63) is 36.2 Å². The number of aromatic nitrogens is 2. The highest BCUT2D eigenvalue weighted by atomic mass is 19.1. The summed E-state index contributed by atoms with van der Waals surface area (Å²) < 4.78 is 29.5. The summed E-state index contributed by atoms with van der Waals surface area (Å²) in [6.07, 6.45) is 0.262. The molecule has 0 saturated heterocycles. The number of ether oxygens (including phenoxy) is 2. The summed E-state index contributed by atoms with van der Waals surface area (Å²) in [6.45, 7) is 8.15. The summed E-state index contributed by atoms with van der Waals surface area (Å²) in [4.78, 5) is 12.0. The average Bonchev–Trinajstić information content (AvgIpc) is 3.06. The Labute approximate surface area is 158 Å². The van der Waals surface area contributed by atoms with Crippen LogP contribution in [0.25, 0.3) is 11.5 Å². The topological polar surface area (TPSA) is 86.5 Å². The fourth-order valence-corrected chi connectivity index (χ4v) is 2.47. The van der Waals surface area contributed by atoms with Crippen molar-refractivity contribution >= 4 is 6.09 Å². The number of carbonyl (C=O) groups is 1. The van der Waals surface area contributed by atoms with Crippen LogP contribution in [-0.2, 0) is 9.47 Å². The first-order valence-corrected chi connectivity index (χ1v) is 8.71. The number of halogens is 1. The molecule has 0 unspecified atom stereocenters. The van der Waals surface area contributed by atoms with Gasteiger partial charge in [-0.1, -0.05) is 12.1 Å². The number of alkyl carbamates (subject to hydrolysis) is 1. The van der Waals surface area contributed by atoms with Gasteiger partial charge in [0.1, 0.15) is 11.3 Å². The van der Waals surface area contributed by atoms with Crippen molar-refractivity contribution in [1.82, 2.24) is 15.5 Å². The highest BCUT2D eigenvalue weighted by Gasteiger charge is 2.29. The van der Waals surface area contributed by atoms with Crippen LogP contribution in [0, 0.1) is 0 Å². The zero-order valence-electron chi connectivity index (χ0n) is 16.3. The fourth-order valence-electron chi connectivity index (χ4n) is 2.47. The van der Waals surface area contributed by atoms with Crippen LogP contribution in [0.5, 0.6) is 0 Å². The molecule has 0 radical (unpaired) electrons. The van der Waals surface area contributed by atoms with Gasteiger partial charge in [0, 0.05) is 12.0 Å². The molecule has 148 valence electrons. The van der Waals surface area contributed by atoms with Gasteiger partial charge in [0.15, 0.2) is 0 Å². The monoisotopic (exact) mass is 379 g/mol. The molecule has 27 heavy (non-hydrogen) atoms. The maximum absolute atomic E-state index is 13.1. The lowest BCUT2D eigenvalue weighted by Gasteiger charge is -2.32. The number of nitrogens with one attached hydrogen (secondary N) is 1. The quantitative estimate of drug-likeness (QED) is 0.717. The van der Waals surface area contributed by atoms with E-state index >= 15 is 0 Å². The van der Waals surface area contributed by atoms with Crippen LogP contribution in [-0.4, -0.2) is 34.3 Å². The Hall–Kier alpha value is -2.48. The van der Waals surface area contributed by atoms with Crippen molar-refractivity contribution in [1.29, 1.82) is 0 Å². The van der Waals surface area contributed by atoms with E-state index in [1.165, 1.54) is 6.39 Å². The van der Waals surface area contributed by atoms with Gasteiger partial charge in [-0.25, -0.2) is 4.79 Å². The van der Waals surface area contributed by atoms with E-state index in [0.29, 0.717) is 5.89 Å². The molecular formula is C19H26FN3O4. The summed E-state index contributed by atoms with van der Waals surface area (Å²) in [7, 11) is 0. The van der Waals surface area contributed by atoms with Gasteiger partial charge in [-0.15, -0.1) is 10.2 Å². The number of hydrogen-bond acceptors (Lipinski definition) is 6. The van der Waals surface area contributed by atoms with Crippen molar-refractivity contribution in [2.75, 3.05) is 6.67 Å². The molecule has 0 bridgehead atoms. The van der Waals surface area contributed by atoms with E-state index in [-0.39, 0.29) is 6.42 Å². The van der Waals surface area contributed by atoms with Crippen molar-refractivity contribution in [2.45, 2.75) is 58.5 Å². The molecule has 0 aliphatic carbocycles. The molecule has 0 aliphatic heterocycles. The molecule has 1 heterocycles. The molecule has 2 rings (SSSR count). The number of rotatable bonds is 7. The van der Waals surface area contributed by atoms with Crippen LogP contribution in [0.1, 0.15) is 52.7 Å². The van der Waals surface area contributed by atoms with Crippen molar-refractivity contribution in [3.63, 3.8) is 0 Å². The van der Waals surface area contributed by atoms with Crippen molar-refractivity contribution in [2.24, 2.45) is 0 Å². The van der Waals surface area contributed by atoms with Gasteiger partial charge in [0.2, 0.25) is 12.3 Å². The van der Waals surface area contributed by atoms with Gasteiger partial charge in [-0.2, -0.15) is 0 Å². The van der Waals surface area contributed by atoms with Crippen LogP contribution in [0.15, 0.2) is 35.1 Å². The molecule has 0 aliphatic rings. The van der Waals surface area contributed by atoms with Gasteiger partial charge < -0.3 is 13.9 Å². The number of alkyl halides is 1. The predicted molar refractivity (Wildman–Crippen MR) is 97.6 cm³/mol. The highest BCUT2D eigenvalue weighted by molar-refractivity contribution is 5.68. The first-order chi connectivity index (χ1) is 12.6. The Balaban J connectivity index is 2.08. The van der Waals surface area contributed by atoms with Crippen molar-refractivity contribution in [3.8, 4) is 11.5 Å². The Kier molecular flexibility index (Phi) is 6.54. The summed E-state index contributed by atoms with van der Waals surface area (Å²) in [6, 6.07) is 7.21. The maximum Gasteiger partial charge on any atom is 0.409 e. The lowest BCUT2D eigenvalue weighted by molar-refractivity contribution is -0.0979. The Bertz CT molecular complexity index is 724. The highest BCUT2D eigenvalue weighted by Crippen LogP contribution is 2.28. The summed E-state index contributed by atoms with van der Waals surface area (Å²) >= 11 is 0. The third kappa shape index (κ3) is 6.63. The normalized spacial score (nSPS) is 13.3. The molecular weight excluding hydrogens is 353 g/mol. The van der Waals surface area contributed by atoms with E-state index in [2.05, 4.69) is 15.5 Å². The average molecular weight is 379 g/mol. The first kappa shape index (κ1) is 20.8. The standard InChI is InChI=1S/C19H26FN3O4/c1-18(2,3)27-17(24)22-19(4,5)26-15(10-11-20)13-6-8-14(9-7-13)16-23-21-12-25-16/h6-9,12,15H,10-11H2,1-5H3,(H,22,24)/t15-/m0/s1. The Morgan fingerprint density at radius 2 is 1.89 bits per heavy atom. The largest absolute Gasteiger partial charge is 0.444 e. The van der Waals surface area contributed by atoms with E-state index < -0.39 is 30.2 Å². The third-order valence-corrected chi connectivity index (χ3v) is 3.50. The van der Waals surface area contributed by atoms with Gasteiger partial charge in [-0.05, 0) is 52.3 Å². The zero-order valence-corrected chi connectivity index (χ0v) is 16.3. The second-order valence-electron chi connectivity index (χ2n) is 7.59. The van der Waals surface area contributed by atoms with Crippen LogP contribution in [0.2, 0.25) is 0 Å². The molecule has 1 aromatic carbocycles. The van der Waals surface area contributed by atoms with Gasteiger partial charge >= 0.3 is 6.09 Å². The molecule has 8 heteroatoms. The van der Waals surface area contributed by atoms with Crippen molar-refractivity contribution < 1.29 is 23.1 Å². The fraction of sp³-hybridized carbons (Fsp3) is 0.526. The lowest BCUT2D eigenvalue weighted by Crippen LogP contribution is -2.48. The molecule has 0 spiro atoms. The lowest BCUT2D eigenvalue weighted by atomic mass is 10.0. The number of carbonyl (C=O) groups excluding carboxylic acids is 1. The molecule has 0 fully saturated rings. The summed E-state index contributed by atoms with van der Waals surface area (Å²) in [5.41, 5.74) is -0.146. The number of nitrogens with zero attached hydrogens (tertiary/aromatic N) is 2. The number of benzene rings is 1. The van der Waals surface area contributed by atoms with E-state index in [0.717, 1.165) is 11.1 Å². The Morgan fingerprint density at radius 1 is 1.22 bits per heavy atom. The minimum Gasteiger partial charge on any atom is -0.444 e. The number of amides is 1. The van der Waals surface area contributed by atoms with Crippen LogP contribution in [0.3, 0.4) is 0 Å². The molecule has 1 atom stereocenters. The van der Waals surface area contributed by atoms with Crippen LogP contribution >= 0.6 is 0 Å². The molecule has 2 aromatic rings. The number of hydrogen-bond donors (Lipinski definition) is 1. The molecule has 1 amide bonds. The minimum absolute atomic E-state index is 0.152.